The zero-order valence-electron chi connectivity index (χ0n) is 11.4. The van der Waals surface area contributed by atoms with Crippen LogP contribution in [0.15, 0.2) is 16.6 Å². The minimum atomic E-state index is 0.618. The van der Waals surface area contributed by atoms with Crippen LogP contribution in [0, 0.1) is 11.8 Å². The Bertz CT molecular complexity index is 396. The first-order valence-corrected chi connectivity index (χ1v) is 7.38. The first-order valence-electron chi connectivity index (χ1n) is 6.21. The smallest absolute Gasteiger partial charge is 0.156 e. The molecule has 0 heterocycles. The fourth-order valence-corrected chi connectivity index (χ4v) is 3.04. The van der Waals surface area contributed by atoms with Crippen molar-refractivity contribution in [3.8, 4) is 5.75 Å². The summed E-state index contributed by atoms with van der Waals surface area (Å²) in [5, 5.41) is 4.11. The lowest BCUT2D eigenvalue weighted by molar-refractivity contribution is 0.412. The minimum Gasteiger partial charge on any atom is -0.493 e. The molecule has 0 bridgehead atoms. The molecule has 0 aromatic heterocycles. The Labute approximate surface area is 123 Å². The average Bonchev–Trinajstić information content (AvgIpc) is 2.24. The number of ether oxygens (including phenoxy) is 1. The number of rotatable bonds is 6. The summed E-state index contributed by atoms with van der Waals surface area (Å²) in [5.74, 6) is 2.14. The van der Waals surface area contributed by atoms with Gasteiger partial charge in [0.2, 0.25) is 0 Å². The van der Waals surface area contributed by atoms with Crippen LogP contribution in [0.2, 0.25) is 5.02 Å². The van der Waals surface area contributed by atoms with Gasteiger partial charge in [0.1, 0.15) is 0 Å². The largest absolute Gasteiger partial charge is 0.493 e. The lowest BCUT2D eigenvalue weighted by Crippen LogP contribution is -2.13. The molecular formula is C14H21BrClNO. The van der Waals surface area contributed by atoms with E-state index in [0.717, 1.165) is 28.4 Å². The van der Waals surface area contributed by atoms with E-state index in [1.807, 2.05) is 12.1 Å². The van der Waals surface area contributed by atoms with Gasteiger partial charge in [-0.15, -0.1) is 0 Å². The van der Waals surface area contributed by atoms with E-state index in [2.05, 4.69) is 42.0 Å². The van der Waals surface area contributed by atoms with Gasteiger partial charge < -0.3 is 10.1 Å². The van der Waals surface area contributed by atoms with Crippen molar-refractivity contribution >= 4 is 33.2 Å². The van der Waals surface area contributed by atoms with E-state index in [4.69, 9.17) is 16.3 Å². The maximum Gasteiger partial charge on any atom is 0.156 e. The molecule has 1 rings (SSSR count). The van der Waals surface area contributed by atoms with Crippen LogP contribution in [0.3, 0.4) is 0 Å². The number of anilines is 1. The second kappa shape index (κ2) is 7.25. The molecule has 0 aliphatic rings. The number of nitrogens with one attached hydrogen (secondary N) is 1. The van der Waals surface area contributed by atoms with Crippen LogP contribution in [-0.2, 0) is 0 Å². The van der Waals surface area contributed by atoms with E-state index in [9.17, 15) is 0 Å². The Kier molecular flexibility index (Phi) is 6.30. The molecule has 0 radical (unpaired) electrons. The third kappa shape index (κ3) is 4.69. The quantitative estimate of drug-likeness (QED) is 0.771. The first-order chi connectivity index (χ1) is 8.43. The van der Waals surface area contributed by atoms with Crippen LogP contribution < -0.4 is 10.1 Å². The van der Waals surface area contributed by atoms with Gasteiger partial charge in [0.05, 0.1) is 17.3 Å². The molecule has 0 fully saturated rings. The summed E-state index contributed by atoms with van der Waals surface area (Å²) in [7, 11) is 1.66. The molecule has 0 amide bonds. The van der Waals surface area contributed by atoms with Crippen LogP contribution in [0.4, 0.5) is 5.69 Å². The maximum atomic E-state index is 6.05. The second-order valence-corrected chi connectivity index (χ2v) is 6.37. The fraction of sp³-hybridized carbons (Fsp3) is 0.571. The van der Waals surface area contributed by atoms with Crippen LogP contribution in [0.1, 0.15) is 27.2 Å². The Morgan fingerprint density at radius 3 is 2.56 bits per heavy atom. The number of hydrogen-bond acceptors (Lipinski definition) is 2. The fourth-order valence-electron chi connectivity index (χ4n) is 2.07. The average molecular weight is 335 g/mol. The highest BCUT2D eigenvalue weighted by atomic mass is 79.9. The van der Waals surface area contributed by atoms with Crippen LogP contribution in [-0.4, -0.2) is 13.7 Å². The summed E-state index contributed by atoms with van der Waals surface area (Å²) in [4.78, 5) is 0. The van der Waals surface area contributed by atoms with Gasteiger partial charge in [-0.25, -0.2) is 0 Å². The molecule has 0 aliphatic heterocycles. The summed E-state index contributed by atoms with van der Waals surface area (Å²) in [6, 6.07) is 3.73. The first kappa shape index (κ1) is 15.6. The van der Waals surface area contributed by atoms with Gasteiger partial charge >= 0.3 is 0 Å². The van der Waals surface area contributed by atoms with Crippen LogP contribution in [0.5, 0.6) is 5.75 Å². The van der Waals surface area contributed by atoms with Gasteiger partial charge in [-0.2, -0.15) is 0 Å². The van der Waals surface area contributed by atoms with E-state index in [1.165, 1.54) is 6.42 Å². The standard InChI is InChI=1S/C14H21BrClNO/c1-9(2)5-10(3)8-17-13-7-11(16)6-12(15)14(13)18-4/h6-7,9-10,17H,5,8H2,1-4H3. The highest BCUT2D eigenvalue weighted by Gasteiger charge is 2.11. The topological polar surface area (TPSA) is 21.3 Å². The summed E-state index contributed by atoms with van der Waals surface area (Å²) in [6.07, 6.45) is 1.21. The molecule has 0 saturated heterocycles. The predicted octanol–water partition coefficient (Wildman–Crippen LogP) is 5.21. The molecule has 1 aromatic rings. The molecular weight excluding hydrogens is 314 g/mol. The summed E-state index contributed by atoms with van der Waals surface area (Å²) < 4.78 is 6.25. The summed E-state index contributed by atoms with van der Waals surface area (Å²) in [5.41, 5.74) is 0.937. The van der Waals surface area contributed by atoms with Crippen molar-refractivity contribution in [2.45, 2.75) is 27.2 Å². The number of halogens is 2. The Balaban J connectivity index is 2.72. The van der Waals surface area contributed by atoms with Gasteiger partial charge in [-0.1, -0.05) is 32.4 Å². The van der Waals surface area contributed by atoms with Crippen molar-refractivity contribution in [1.82, 2.24) is 0 Å². The molecule has 1 atom stereocenters. The van der Waals surface area contributed by atoms with Gasteiger partial charge in [0.25, 0.3) is 0 Å². The van der Waals surface area contributed by atoms with Crippen molar-refractivity contribution < 1.29 is 4.74 Å². The van der Waals surface area contributed by atoms with Gasteiger partial charge in [-0.05, 0) is 46.3 Å². The SMILES string of the molecule is COc1c(Br)cc(Cl)cc1NCC(C)CC(C)C. The van der Waals surface area contributed by atoms with E-state index >= 15 is 0 Å². The van der Waals surface area contributed by atoms with E-state index in [1.54, 1.807) is 7.11 Å². The molecule has 18 heavy (non-hydrogen) atoms. The summed E-state index contributed by atoms with van der Waals surface area (Å²) >= 11 is 9.51. The van der Waals surface area contributed by atoms with Gasteiger partial charge in [-0.3, -0.25) is 0 Å². The molecule has 2 nitrogen and oxygen atoms in total. The monoisotopic (exact) mass is 333 g/mol. The Morgan fingerprint density at radius 2 is 2.00 bits per heavy atom. The number of hydrogen-bond donors (Lipinski definition) is 1. The second-order valence-electron chi connectivity index (χ2n) is 5.08. The molecule has 0 spiro atoms. The lowest BCUT2D eigenvalue weighted by atomic mass is 9.99. The van der Waals surface area contributed by atoms with Crippen molar-refractivity contribution in [2.75, 3.05) is 19.0 Å². The van der Waals surface area contributed by atoms with Crippen LogP contribution in [0.25, 0.3) is 0 Å². The Morgan fingerprint density at radius 1 is 1.33 bits per heavy atom. The van der Waals surface area contributed by atoms with E-state index in [-0.39, 0.29) is 0 Å². The highest BCUT2D eigenvalue weighted by Crippen LogP contribution is 2.36. The molecule has 0 saturated carbocycles. The lowest BCUT2D eigenvalue weighted by Gasteiger charge is -2.18. The predicted molar refractivity (Wildman–Crippen MR) is 82.8 cm³/mol. The molecule has 1 unspecified atom stereocenters. The van der Waals surface area contributed by atoms with Crippen molar-refractivity contribution in [3.05, 3.63) is 21.6 Å². The third-order valence-electron chi connectivity index (χ3n) is 2.73. The van der Waals surface area contributed by atoms with Gasteiger partial charge in [0.15, 0.2) is 5.75 Å². The molecule has 102 valence electrons. The van der Waals surface area contributed by atoms with Crippen LogP contribution >= 0.6 is 27.5 Å². The molecule has 1 N–H and O–H groups in total. The van der Waals surface area contributed by atoms with E-state index < -0.39 is 0 Å². The van der Waals surface area contributed by atoms with Crippen molar-refractivity contribution in [2.24, 2.45) is 11.8 Å². The Hall–Kier alpha value is -0.410. The molecule has 1 aromatic carbocycles. The van der Waals surface area contributed by atoms with Crippen molar-refractivity contribution in [1.29, 1.82) is 0 Å². The minimum absolute atomic E-state index is 0.618. The highest BCUT2D eigenvalue weighted by molar-refractivity contribution is 9.10. The summed E-state index contributed by atoms with van der Waals surface area (Å²) in [6.45, 7) is 7.65. The number of methoxy groups -OCH3 is 1. The van der Waals surface area contributed by atoms with Crippen molar-refractivity contribution in [3.63, 3.8) is 0 Å². The third-order valence-corrected chi connectivity index (χ3v) is 3.53. The zero-order chi connectivity index (χ0) is 13.7. The normalized spacial score (nSPS) is 12.6. The van der Waals surface area contributed by atoms with Gasteiger partial charge in [0, 0.05) is 11.6 Å². The number of benzene rings is 1. The van der Waals surface area contributed by atoms with E-state index in [0.29, 0.717) is 10.9 Å². The molecule has 4 heteroatoms. The molecule has 0 aliphatic carbocycles. The maximum absolute atomic E-state index is 6.05. The zero-order valence-corrected chi connectivity index (χ0v) is 13.7.